The molecule has 0 atom stereocenters. The summed E-state index contributed by atoms with van der Waals surface area (Å²) in [5.41, 5.74) is 1.43. The van der Waals surface area contributed by atoms with Crippen LogP contribution in [0, 0.1) is 5.92 Å². The number of piperazine rings is 1. The van der Waals surface area contributed by atoms with Crippen LogP contribution in [0.4, 0.5) is 0 Å². The van der Waals surface area contributed by atoms with Crippen LogP contribution < -0.4 is 0 Å². The van der Waals surface area contributed by atoms with E-state index in [1.807, 2.05) is 28.0 Å². The lowest BCUT2D eigenvalue weighted by Crippen LogP contribution is -2.51. The molecule has 2 amide bonds. The maximum atomic E-state index is 12.9. The van der Waals surface area contributed by atoms with Gasteiger partial charge >= 0.3 is 0 Å². The van der Waals surface area contributed by atoms with Gasteiger partial charge in [-0.15, -0.1) is 0 Å². The minimum absolute atomic E-state index is 0.0161. The van der Waals surface area contributed by atoms with Crippen LogP contribution in [0.25, 0.3) is 10.9 Å². The highest BCUT2D eigenvalue weighted by molar-refractivity contribution is 6.29. The van der Waals surface area contributed by atoms with Crippen molar-refractivity contribution in [3.8, 4) is 0 Å². The Hall–Kier alpha value is -2.18. The van der Waals surface area contributed by atoms with Gasteiger partial charge in [0.2, 0.25) is 5.91 Å². The number of likely N-dealkylation sites (N-methyl/N-ethyl adjacent to an activating group) is 1. The molecule has 4 rings (SSSR count). The Labute approximate surface area is 170 Å². The van der Waals surface area contributed by atoms with Crippen LogP contribution in [0.1, 0.15) is 23.2 Å². The van der Waals surface area contributed by atoms with Gasteiger partial charge in [0.15, 0.2) is 0 Å². The SMILES string of the molecule is CN1CCN(C(=O)C2CCN(C(=O)c3ccc4nc(Cl)ccc4c3)CC2)CC1. The van der Waals surface area contributed by atoms with Crippen molar-refractivity contribution in [1.82, 2.24) is 19.7 Å². The Bertz CT molecular complexity index is 887. The minimum Gasteiger partial charge on any atom is -0.340 e. The van der Waals surface area contributed by atoms with Crippen molar-refractivity contribution in [1.29, 1.82) is 0 Å². The topological polar surface area (TPSA) is 56.8 Å². The number of amides is 2. The van der Waals surface area contributed by atoms with Crippen LogP contribution in [0.5, 0.6) is 0 Å². The first-order chi connectivity index (χ1) is 13.5. The molecular formula is C21H25ClN4O2. The molecule has 0 bridgehead atoms. The van der Waals surface area contributed by atoms with Gasteiger partial charge in [0.25, 0.3) is 5.91 Å². The van der Waals surface area contributed by atoms with Crippen LogP contribution in [0.2, 0.25) is 5.15 Å². The number of fused-ring (bicyclic) bond motifs is 1. The van der Waals surface area contributed by atoms with Gasteiger partial charge in [0.1, 0.15) is 5.15 Å². The maximum absolute atomic E-state index is 12.9. The number of hydrogen-bond donors (Lipinski definition) is 0. The summed E-state index contributed by atoms with van der Waals surface area (Å²) in [4.78, 5) is 36.0. The Kier molecular flexibility index (Phi) is 5.51. The average molecular weight is 401 g/mol. The van der Waals surface area contributed by atoms with Gasteiger partial charge in [-0.05, 0) is 50.2 Å². The first-order valence-corrected chi connectivity index (χ1v) is 10.2. The molecule has 2 aliphatic rings. The Morgan fingerprint density at radius 3 is 2.39 bits per heavy atom. The standard InChI is InChI=1S/C21H25ClN4O2/c1-24-10-12-26(13-11-24)20(27)15-6-8-25(9-7-15)21(28)17-2-4-18-16(14-17)3-5-19(22)23-18/h2-5,14-15H,6-13H2,1H3. The Balaban J connectivity index is 1.37. The zero-order chi connectivity index (χ0) is 19.7. The van der Waals surface area contributed by atoms with Gasteiger partial charge in [-0.1, -0.05) is 11.6 Å². The normalized spacial score (nSPS) is 19.2. The first-order valence-electron chi connectivity index (χ1n) is 9.84. The Morgan fingerprint density at radius 1 is 0.964 bits per heavy atom. The molecule has 3 heterocycles. The third kappa shape index (κ3) is 3.98. The van der Waals surface area contributed by atoms with E-state index in [0.29, 0.717) is 23.8 Å². The molecule has 0 saturated carbocycles. The van der Waals surface area contributed by atoms with Crippen molar-refractivity contribution in [2.75, 3.05) is 46.3 Å². The first kappa shape index (κ1) is 19.2. The molecule has 6 nitrogen and oxygen atoms in total. The van der Waals surface area contributed by atoms with E-state index in [1.165, 1.54) is 0 Å². The molecule has 0 N–H and O–H groups in total. The molecule has 2 aromatic rings. The van der Waals surface area contributed by atoms with Crippen molar-refractivity contribution in [3.63, 3.8) is 0 Å². The molecule has 148 valence electrons. The third-order valence-corrected chi connectivity index (χ3v) is 6.06. The lowest BCUT2D eigenvalue weighted by molar-refractivity contribution is -0.138. The fraction of sp³-hybridized carbons (Fsp3) is 0.476. The molecule has 0 unspecified atom stereocenters. The molecule has 0 aliphatic carbocycles. The van der Waals surface area contributed by atoms with E-state index in [9.17, 15) is 9.59 Å². The van der Waals surface area contributed by atoms with Crippen LogP contribution in [0.15, 0.2) is 30.3 Å². The fourth-order valence-corrected chi connectivity index (χ4v) is 4.18. The summed E-state index contributed by atoms with van der Waals surface area (Å²) < 4.78 is 0. The zero-order valence-corrected chi connectivity index (χ0v) is 16.9. The molecule has 1 aromatic heterocycles. The summed E-state index contributed by atoms with van der Waals surface area (Å²) in [5, 5.41) is 1.34. The predicted octanol–water partition coefficient (Wildman–Crippen LogP) is 2.51. The van der Waals surface area contributed by atoms with E-state index in [2.05, 4.69) is 16.9 Å². The number of carbonyl (C=O) groups excluding carboxylic acids is 2. The number of aromatic nitrogens is 1. The van der Waals surface area contributed by atoms with Gasteiger partial charge in [0.05, 0.1) is 5.52 Å². The summed E-state index contributed by atoms with van der Waals surface area (Å²) in [5.74, 6) is 0.312. The van der Waals surface area contributed by atoms with E-state index in [-0.39, 0.29) is 17.7 Å². The number of rotatable bonds is 2. The van der Waals surface area contributed by atoms with E-state index >= 15 is 0 Å². The van der Waals surface area contributed by atoms with E-state index in [1.54, 1.807) is 12.1 Å². The van der Waals surface area contributed by atoms with Crippen molar-refractivity contribution < 1.29 is 9.59 Å². The molecule has 2 aliphatic heterocycles. The number of pyridine rings is 1. The van der Waals surface area contributed by atoms with Crippen LogP contribution in [-0.4, -0.2) is 77.8 Å². The van der Waals surface area contributed by atoms with Crippen molar-refractivity contribution in [2.45, 2.75) is 12.8 Å². The highest BCUT2D eigenvalue weighted by atomic mass is 35.5. The minimum atomic E-state index is 0.0161. The fourth-order valence-electron chi connectivity index (χ4n) is 4.03. The number of halogens is 1. The van der Waals surface area contributed by atoms with E-state index < -0.39 is 0 Å². The summed E-state index contributed by atoms with van der Waals surface area (Å²) >= 11 is 5.93. The molecule has 28 heavy (non-hydrogen) atoms. The highest BCUT2D eigenvalue weighted by Gasteiger charge is 2.31. The zero-order valence-electron chi connectivity index (χ0n) is 16.1. The van der Waals surface area contributed by atoms with E-state index in [4.69, 9.17) is 11.6 Å². The molecule has 2 fully saturated rings. The van der Waals surface area contributed by atoms with Crippen molar-refractivity contribution in [2.24, 2.45) is 5.92 Å². The summed E-state index contributed by atoms with van der Waals surface area (Å²) in [7, 11) is 2.09. The summed E-state index contributed by atoms with van der Waals surface area (Å²) in [6.45, 7) is 4.74. The van der Waals surface area contributed by atoms with Crippen LogP contribution in [-0.2, 0) is 4.79 Å². The number of benzene rings is 1. The number of piperidine rings is 1. The highest BCUT2D eigenvalue weighted by Crippen LogP contribution is 2.23. The quantitative estimate of drug-likeness (QED) is 0.727. The average Bonchev–Trinajstić information content (AvgIpc) is 2.73. The Morgan fingerprint density at radius 2 is 1.68 bits per heavy atom. The van der Waals surface area contributed by atoms with Gasteiger partial charge in [-0.3, -0.25) is 9.59 Å². The number of hydrogen-bond acceptors (Lipinski definition) is 4. The molecule has 0 spiro atoms. The largest absolute Gasteiger partial charge is 0.340 e. The maximum Gasteiger partial charge on any atom is 0.253 e. The molecule has 0 radical (unpaired) electrons. The smallest absolute Gasteiger partial charge is 0.253 e. The molecule has 2 saturated heterocycles. The van der Waals surface area contributed by atoms with Crippen LogP contribution >= 0.6 is 11.6 Å². The van der Waals surface area contributed by atoms with Crippen LogP contribution in [0.3, 0.4) is 0 Å². The molecular weight excluding hydrogens is 376 g/mol. The second-order valence-corrected chi connectivity index (χ2v) is 8.12. The summed E-state index contributed by atoms with van der Waals surface area (Å²) in [6.07, 6.45) is 1.48. The predicted molar refractivity (Wildman–Crippen MR) is 109 cm³/mol. The van der Waals surface area contributed by atoms with E-state index in [0.717, 1.165) is 49.9 Å². The second kappa shape index (κ2) is 8.05. The number of likely N-dealkylation sites (tertiary alicyclic amines) is 1. The lowest BCUT2D eigenvalue weighted by Gasteiger charge is -2.37. The molecule has 1 aromatic carbocycles. The number of carbonyl (C=O) groups is 2. The van der Waals surface area contributed by atoms with Crippen molar-refractivity contribution in [3.05, 3.63) is 41.0 Å². The second-order valence-electron chi connectivity index (χ2n) is 7.74. The van der Waals surface area contributed by atoms with Crippen molar-refractivity contribution >= 4 is 34.3 Å². The third-order valence-electron chi connectivity index (χ3n) is 5.85. The lowest BCUT2D eigenvalue weighted by atomic mass is 9.94. The molecule has 7 heteroatoms. The van der Waals surface area contributed by atoms with Gasteiger partial charge in [-0.25, -0.2) is 4.98 Å². The van der Waals surface area contributed by atoms with Gasteiger partial charge in [-0.2, -0.15) is 0 Å². The summed E-state index contributed by atoms with van der Waals surface area (Å²) in [6, 6.07) is 9.10. The monoisotopic (exact) mass is 400 g/mol. The number of nitrogens with zero attached hydrogens (tertiary/aromatic N) is 4. The van der Waals surface area contributed by atoms with Gasteiger partial charge in [0, 0.05) is 56.1 Å². The van der Waals surface area contributed by atoms with Gasteiger partial charge < -0.3 is 14.7 Å².